The van der Waals surface area contributed by atoms with Crippen LogP contribution >= 0.6 is 24.0 Å². The maximum Gasteiger partial charge on any atom is 0.254 e. The summed E-state index contributed by atoms with van der Waals surface area (Å²) in [5.74, 6) is 0.354. The third-order valence-electron chi connectivity index (χ3n) is 4.02. The van der Waals surface area contributed by atoms with Gasteiger partial charge in [-0.05, 0) is 43.6 Å². The third-order valence-corrected chi connectivity index (χ3v) is 4.25. The normalized spacial score (nSPS) is 20.6. The van der Waals surface area contributed by atoms with Crippen molar-refractivity contribution in [1.82, 2.24) is 20.4 Å². The van der Waals surface area contributed by atoms with Crippen molar-refractivity contribution in [2.75, 3.05) is 13.1 Å². The summed E-state index contributed by atoms with van der Waals surface area (Å²) in [5, 5.41) is 11.3. The monoisotopic (exact) mass is 354 g/mol. The van der Waals surface area contributed by atoms with Crippen LogP contribution in [0.5, 0.6) is 0 Å². The number of piperidine rings is 1. The molecule has 7 heteroatoms. The number of nitrogens with zero attached hydrogens (tertiary/aromatic N) is 2. The van der Waals surface area contributed by atoms with Crippen LogP contribution in [0.1, 0.15) is 23.7 Å². The minimum Gasteiger partial charge on any atom is -0.349 e. The molecule has 2 atom stereocenters. The van der Waals surface area contributed by atoms with Crippen molar-refractivity contribution >= 4 is 29.9 Å². The van der Waals surface area contributed by atoms with E-state index in [0.717, 1.165) is 25.2 Å². The van der Waals surface area contributed by atoms with Gasteiger partial charge in [0.25, 0.3) is 5.91 Å². The molecule has 0 bridgehead atoms. The summed E-state index contributed by atoms with van der Waals surface area (Å²) in [7, 11) is 0. The van der Waals surface area contributed by atoms with E-state index in [2.05, 4.69) is 22.7 Å². The van der Waals surface area contributed by atoms with Gasteiger partial charge < -0.3 is 10.6 Å². The van der Waals surface area contributed by atoms with Gasteiger partial charge in [0.1, 0.15) is 0 Å². The standard InChI is InChI=1S/C16H19ClN4O.ClH/c1-11-8-18-6-5-15(11)20-16(22)12-9-19-21(10-12)14-4-2-3-13(17)7-14;/h2-4,7,9-11,15,18H,5-6,8H2,1H3,(H,20,22);1H. The quantitative estimate of drug-likeness (QED) is 0.890. The predicted molar refractivity (Wildman–Crippen MR) is 93.7 cm³/mol. The van der Waals surface area contributed by atoms with Crippen molar-refractivity contribution in [3.05, 3.63) is 47.2 Å². The van der Waals surface area contributed by atoms with Gasteiger partial charge in [-0.15, -0.1) is 12.4 Å². The van der Waals surface area contributed by atoms with Gasteiger partial charge in [0.05, 0.1) is 17.4 Å². The maximum atomic E-state index is 12.4. The zero-order valence-corrected chi connectivity index (χ0v) is 14.4. The first-order valence-corrected chi connectivity index (χ1v) is 7.83. The van der Waals surface area contributed by atoms with Crippen molar-refractivity contribution in [3.63, 3.8) is 0 Å². The average Bonchev–Trinajstić information content (AvgIpc) is 2.99. The van der Waals surface area contributed by atoms with E-state index in [9.17, 15) is 4.79 Å². The van der Waals surface area contributed by atoms with Crippen molar-refractivity contribution in [2.45, 2.75) is 19.4 Å². The lowest BCUT2D eigenvalue weighted by Crippen LogP contribution is -2.48. The maximum absolute atomic E-state index is 12.4. The van der Waals surface area contributed by atoms with E-state index in [4.69, 9.17) is 11.6 Å². The van der Waals surface area contributed by atoms with E-state index < -0.39 is 0 Å². The number of carbonyl (C=O) groups is 1. The van der Waals surface area contributed by atoms with Crippen LogP contribution in [0.3, 0.4) is 0 Å². The van der Waals surface area contributed by atoms with Gasteiger partial charge in [0.2, 0.25) is 0 Å². The lowest BCUT2D eigenvalue weighted by Gasteiger charge is -2.30. The number of benzene rings is 1. The molecule has 2 heterocycles. The van der Waals surface area contributed by atoms with Gasteiger partial charge >= 0.3 is 0 Å². The van der Waals surface area contributed by atoms with Gasteiger partial charge in [-0.3, -0.25) is 4.79 Å². The molecule has 1 aliphatic rings. The fourth-order valence-electron chi connectivity index (χ4n) is 2.68. The molecule has 0 saturated carbocycles. The van der Waals surface area contributed by atoms with Gasteiger partial charge in [-0.25, -0.2) is 4.68 Å². The smallest absolute Gasteiger partial charge is 0.254 e. The molecule has 1 aromatic carbocycles. The van der Waals surface area contributed by atoms with Crippen LogP contribution in [-0.4, -0.2) is 34.8 Å². The van der Waals surface area contributed by atoms with E-state index in [-0.39, 0.29) is 24.4 Å². The molecule has 1 aromatic heterocycles. The second-order valence-electron chi connectivity index (χ2n) is 5.70. The highest BCUT2D eigenvalue weighted by atomic mass is 35.5. The van der Waals surface area contributed by atoms with Crippen molar-refractivity contribution in [2.24, 2.45) is 5.92 Å². The molecule has 2 unspecified atom stereocenters. The molecule has 23 heavy (non-hydrogen) atoms. The fraction of sp³-hybridized carbons (Fsp3) is 0.375. The number of amides is 1. The van der Waals surface area contributed by atoms with Gasteiger partial charge in [0, 0.05) is 17.3 Å². The Morgan fingerprint density at radius 3 is 3.04 bits per heavy atom. The summed E-state index contributed by atoms with van der Waals surface area (Å²) in [6, 6.07) is 7.58. The molecule has 0 aliphatic carbocycles. The third kappa shape index (κ3) is 4.25. The van der Waals surface area contributed by atoms with E-state index in [1.54, 1.807) is 23.1 Å². The minimum absolute atomic E-state index is 0. The number of hydrogen-bond donors (Lipinski definition) is 2. The molecule has 1 fully saturated rings. The van der Waals surface area contributed by atoms with Crippen LogP contribution in [-0.2, 0) is 0 Å². The number of hydrogen-bond acceptors (Lipinski definition) is 3. The Morgan fingerprint density at radius 1 is 1.48 bits per heavy atom. The minimum atomic E-state index is -0.0768. The summed E-state index contributed by atoms with van der Waals surface area (Å²) in [6.07, 6.45) is 4.27. The first-order chi connectivity index (χ1) is 10.6. The second kappa shape index (κ2) is 7.81. The summed E-state index contributed by atoms with van der Waals surface area (Å²) in [4.78, 5) is 12.4. The highest BCUT2D eigenvalue weighted by Gasteiger charge is 2.23. The molecule has 1 saturated heterocycles. The molecular weight excluding hydrogens is 335 g/mol. The Kier molecular flexibility index (Phi) is 6.04. The molecule has 2 aromatic rings. The summed E-state index contributed by atoms with van der Waals surface area (Å²) < 4.78 is 1.66. The number of rotatable bonds is 3. The second-order valence-corrected chi connectivity index (χ2v) is 6.14. The molecule has 5 nitrogen and oxygen atoms in total. The number of halogens is 2. The zero-order valence-electron chi connectivity index (χ0n) is 12.8. The van der Waals surface area contributed by atoms with E-state index in [1.807, 2.05) is 18.2 Å². The number of aromatic nitrogens is 2. The van der Waals surface area contributed by atoms with Crippen molar-refractivity contribution in [3.8, 4) is 5.69 Å². The Bertz CT molecular complexity index is 674. The van der Waals surface area contributed by atoms with Crippen LogP contribution in [0.4, 0.5) is 0 Å². The molecule has 124 valence electrons. The zero-order chi connectivity index (χ0) is 15.5. The summed E-state index contributed by atoms with van der Waals surface area (Å²) >= 11 is 5.98. The predicted octanol–water partition coefficient (Wildman–Crippen LogP) is 2.68. The molecule has 1 amide bonds. The lowest BCUT2D eigenvalue weighted by molar-refractivity contribution is 0.0914. The highest BCUT2D eigenvalue weighted by Crippen LogP contribution is 2.15. The first-order valence-electron chi connectivity index (χ1n) is 7.45. The topological polar surface area (TPSA) is 58.9 Å². The van der Waals surface area contributed by atoms with Gasteiger partial charge in [0.15, 0.2) is 0 Å². The molecule has 0 spiro atoms. The highest BCUT2D eigenvalue weighted by molar-refractivity contribution is 6.30. The Hall–Kier alpha value is -1.56. The van der Waals surface area contributed by atoms with Crippen molar-refractivity contribution < 1.29 is 4.79 Å². The molecule has 1 aliphatic heterocycles. The summed E-state index contributed by atoms with van der Waals surface area (Å²) in [5.41, 5.74) is 1.40. The Balaban J connectivity index is 0.00000192. The Morgan fingerprint density at radius 2 is 2.30 bits per heavy atom. The Labute approximate surface area is 146 Å². The van der Waals surface area contributed by atoms with Gasteiger partial charge in [-0.2, -0.15) is 5.10 Å². The van der Waals surface area contributed by atoms with Crippen LogP contribution < -0.4 is 10.6 Å². The molecule has 0 radical (unpaired) electrons. The van der Waals surface area contributed by atoms with Crippen LogP contribution in [0, 0.1) is 5.92 Å². The number of nitrogens with one attached hydrogen (secondary N) is 2. The lowest BCUT2D eigenvalue weighted by atomic mass is 9.95. The fourth-order valence-corrected chi connectivity index (χ4v) is 2.86. The largest absolute Gasteiger partial charge is 0.349 e. The molecule has 2 N–H and O–H groups in total. The van der Waals surface area contributed by atoms with Crippen LogP contribution in [0.2, 0.25) is 5.02 Å². The summed E-state index contributed by atoms with van der Waals surface area (Å²) in [6.45, 7) is 4.02. The van der Waals surface area contributed by atoms with Crippen LogP contribution in [0.15, 0.2) is 36.7 Å². The average molecular weight is 355 g/mol. The van der Waals surface area contributed by atoms with Crippen LogP contribution in [0.25, 0.3) is 5.69 Å². The van der Waals surface area contributed by atoms with Gasteiger partial charge in [-0.1, -0.05) is 24.6 Å². The number of carbonyl (C=O) groups excluding carboxylic acids is 1. The van der Waals surface area contributed by atoms with E-state index in [1.165, 1.54) is 0 Å². The molecular formula is C16H20Cl2N4O. The molecule has 3 rings (SSSR count). The first kappa shape index (κ1) is 17.8. The SMILES string of the molecule is CC1CNCCC1NC(=O)c1cnn(-c2cccc(Cl)c2)c1.Cl. The van der Waals surface area contributed by atoms with Crippen molar-refractivity contribution in [1.29, 1.82) is 0 Å². The van der Waals surface area contributed by atoms with E-state index in [0.29, 0.717) is 16.5 Å². The van der Waals surface area contributed by atoms with E-state index >= 15 is 0 Å².